The van der Waals surface area contributed by atoms with E-state index in [-0.39, 0.29) is 12.6 Å². The van der Waals surface area contributed by atoms with Crippen molar-refractivity contribution in [1.29, 1.82) is 0 Å². The Balaban J connectivity index is 2.39. The quantitative estimate of drug-likeness (QED) is 0.805. The van der Waals surface area contributed by atoms with Crippen molar-refractivity contribution >= 4 is 12.0 Å². The van der Waals surface area contributed by atoms with Gasteiger partial charge in [0.05, 0.1) is 5.92 Å². The maximum absolute atomic E-state index is 11.9. The largest absolute Gasteiger partial charge is 0.481 e. The maximum atomic E-state index is 11.9. The van der Waals surface area contributed by atoms with Gasteiger partial charge in [0.1, 0.15) is 0 Å². The minimum atomic E-state index is -0.849. The Bertz CT molecular complexity index is 307. The molecule has 3 unspecified atom stereocenters. The number of likely N-dealkylation sites (tertiary alicyclic amines) is 1. The van der Waals surface area contributed by atoms with Crippen LogP contribution in [0, 0.1) is 17.8 Å². The number of nitrogens with one attached hydrogen (secondary N) is 1. The van der Waals surface area contributed by atoms with Gasteiger partial charge in [0.15, 0.2) is 0 Å². The lowest BCUT2D eigenvalue weighted by atomic mass is 9.89. The van der Waals surface area contributed by atoms with Crippen LogP contribution in [-0.4, -0.2) is 41.6 Å². The highest BCUT2D eigenvalue weighted by molar-refractivity contribution is 5.76. The Morgan fingerprint density at radius 2 is 2.06 bits per heavy atom. The van der Waals surface area contributed by atoms with E-state index in [1.165, 1.54) is 0 Å². The summed E-state index contributed by atoms with van der Waals surface area (Å²) in [5.74, 6) is -0.184. The van der Waals surface area contributed by atoms with Gasteiger partial charge in [0.2, 0.25) is 0 Å². The maximum Gasteiger partial charge on any atom is 0.317 e. The zero-order valence-electron chi connectivity index (χ0n) is 11.5. The molecule has 1 aliphatic rings. The van der Waals surface area contributed by atoms with Gasteiger partial charge in [-0.25, -0.2) is 4.79 Å². The summed E-state index contributed by atoms with van der Waals surface area (Å²) in [6, 6.07) is -0.131. The monoisotopic (exact) mass is 256 g/mol. The number of carbonyl (C=O) groups is 2. The molecule has 1 rings (SSSR count). The van der Waals surface area contributed by atoms with E-state index < -0.39 is 11.9 Å². The van der Waals surface area contributed by atoms with E-state index in [4.69, 9.17) is 5.11 Å². The summed E-state index contributed by atoms with van der Waals surface area (Å²) in [6.45, 7) is 7.91. The van der Waals surface area contributed by atoms with Crippen LogP contribution >= 0.6 is 0 Å². The van der Waals surface area contributed by atoms with E-state index >= 15 is 0 Å². The molecule has 0 bridgehead atoms. The van der Waals surface area contributed by atoms with Gasteiger partial charge < -0.3 is 15.3 Å². The normalized spacial score (nSPS) is 25.6. The highest BCUT2D eigenvalue weighted by atomic mass is 16.4. The van der Waals surface area contributed by atoms with Crippen LogP contribution in [0.3, 0.4) is 0 Å². The molecular weight excluding hydrogens is 232 g/mol. The van der Waals surface area contributed by atoms with E-state index in [2.05, 4.69) is 19.2 Å². The van der Waals surface area contributed by atoms with Gasteiger partial charge in [-0.1, -0.05) is 20.8 Å². The number of hydrogen-bond donors (Lipinski definition) is 2. The van der Waals surface area contributed by atoms with Crippen molar-refractivity contribution in [3.63, 3.8) is 0 Å². The predicted molar refractivity (Wildman–Crippen MR) is 69.3 cm³/mol. The molecule has 0 spiro atoms. The Hall–Kier alpha value is -1.26. The summed E-state index contributed by atoms with van der Waals surface area (Å²) in [4.78, 5) is 24.6. The molecular formula is C13H24N2O3. The number of aliphatic carboxylic acids is 1. The van der Waals surface area contributed by atoms with Crippen LogP contribution in [0.1, 0.15) is 33.6 Å². The van der Waals surface area contributed by atoms with Crippen molar-refractivity contribution < 1.29 is 14.7 Å². The topological polar surface area (TPSA) is 69.6 Å². The number of amides is 2. The van der Waals surface area contributed by atoms with Crippen LogP contribution in [0.25, 0.3) is 0 Å². The van der Waals surface area contributed by atoms with Gasteiger partial charge >= 0.3 is 12.0 Å². The van der Waals surface area contributed by atoms with Gasteiger partial charge in [-0.3, -0.25) is 4.79 Å². The smallest absolute Gasteiger partial charge is 0.317 e. The van der Waals surface area contributed by atoms with E-state index in [0.29, 0.717) is 18.3 Å². The minimum Gasteiger partial charge on any atom is -0.481 e. The fraction of sp³-hybridized carbons (Fsp3) is 0.846. The summed E-state index contributed by atoms with van der Waals surface area (Å²) >= 11 is 0. The van der Waals surface area contributed by atoms with Crippen LogP contribution in [0.15, 0.2) is 0 Å². The van der Waals surface area contributed by atoms with Crippen molar-refractivity contribution in [1.82, 2.24) is 10.2 Å². The number of urea groups is 1. The van der Waals surface area contributed by atoms with Crippen LogP contribution in [0.2, 0.25) is 0 Å². The SMILES string of the molecule is CCC(CNC(=O)N1CCC(C)C(C)C1)C(=O)O. The molecule has 1 aliphatic heterocycles. The third-order valence-corrected chi connectivity index (χ3v) is 3.96. The average molecular weight is 256 g/mol. The number of rotatable bonds is 4. The molecule has 0 saturated carbocycles. The first kappa shape index (κ1) is 14.8. The molecule has 0 aliphatic carbocycles. The highest BCUT2D eigenvalue weighted by Gasteiger charge is 2.26. The van der Waals surface area contributed by atoms with E-state index in [9.17, 15) is 9.59 Å². The molecule has 5 nitrogen and oxygen atoms in total. The van der Waals surface area contributed by atoms with Crippen molar-refractivity contribution in [2.45, 2.75) is 33.6 Å². The van der Waals surface area contributed by atoms with Crippen molar-refractivity contribution in [2.24, 2.45) is 17.8 Å². The fourth-order valence-corrected chi connectivity index (χ4v) is 2.18. The van der Waals surface area contributed by atoms with Crippen LogP contribution in [0.5, 0.6) is 0 Å². The first-order valence-electron chi connectivity index (χ1n) is 6.71. The summed E-state index contributed by atoms with van der Waals surface area (Å²) in [5, 5.41) is 11.6. The molecule has 3 atom stereocenters. The van der Waals surface area contributed by atoms with Crippen molar-refractivity contribution in [3.8, 4) is 0 Å². The Morgan fingerprint density at radius 1 is 1.39 bits per heavy atom. The molecule has 5 heteroatoms. The molecule has 1 heterocycles. The summed E-state index contributed by atoms with van der Waals surface area (Å²) in [7, 11) is 0. The number of carboxylic acid groups (broad SMARTS) is 1. The second-order valence-corrected chi connectivity index (χ2v) is 5.32. The molecule has 1 saturated heterocycles. The predicted octanol–water partition coefficient (Wildman–Crippen LogP) is 1.78. The van der Waals surface area contributed by atoms with Gasteiger partial charge in [0, 0.05) is 19.6 Å². The molecule has 0 aromatic carbocycles. The molecule has 2 amide bonds. The lowest BCUT2D eigenvalue weighted by molar-refractivity contribution is -0.141. The third-order valence-electron chi connectivity index (χ3n) is 3.96. The standard InChI is InChI=1S/C13H24N2O3/c1-4-11(12(16)17)7-14-13(18)15-6-5-9(2)10(3)8-15/h9-11H,4-8H2,1-3H3,(H,14,18)(H,16,17). The first-order valence-corrected chi connectivity index (χ1v) is 6.71. The van der Waals surface area contributed by atoms with Crippen LogP contribution < -0.4 is 5.32 Å². The first-order chi connectivity index (χ1) is 8.45. The lowest BCUT2D eigenvalue weighted by Gasteiger charge is -2.35. The zero-order chi connectivity index (χ0) is 13.7. The second-order valence-electron chi connectivity index (χ2n) is 5.32. The van der Waals surface area contributed by atoms with Crippen LogP contribution in [-0.2, 0) is 4.79 Å². The molecule has 0 radical (unpaired) electrons. The molecule has 0 aromatic rings. The van der Waals surface area contributed by atoms with Gasteiger partial charge in [-0.2, -0.15) is 0 Å². The van der Waals surface area contributed by atoms with Gasteiger partial charge in [-0.05, 0) is 24.7 Å². The van der Waals surface area contributed by atoms with Gasteiger partial charge in [0.25, 0.3) is 0 Å². The van der Waals surface area contributed by atoms with Gasteiger partial charge in [-0.15, -0.1) is 0 Å². The highest BCUT2D eigenvalue weighted by Crippen LogP contribution is 2.22. The molecule has 18 heavy (non-hydrogen) atoms. The minimum absolute atomic E-state index is 0.131. The second kappa shape index (κ2) is 6.61. The van der Waals surface area contributed by atoms with Crippen LogP contribution in [0.4, 0.5) is 4.79 Å². The van der Waals surface area contributed by atoms with E-state index in [1.54, 1.807) is 4.90 Å². The molecule has 2 N–H and O–H groups in total. The summed E-state index contributed by atoms with van der Waals surface area (Å²) in [5.41, 5.74) is 0. The number of piperidine rings is 1. The number of nitrogens with zero attached hydrogens (tertiary/aromatic N) is 1. The third kappa shape index (κ3) is 3.89. The number of carboxylic acids is 1. The number of hydrogen-bond acceptors (Lipinski definition) is 2. The fourth-order valence-electron chi connectivity index (χ4n) is 2.18. The Kier molecular flexibility index (Phi) is 5.44. The average Bonchev–Trinajstić information content (AvgIpc) is 2.32. The molecule has 0 aromatic heterocycles. The van der Waals surface area contributed by atoms with E-state index in [1.807, 2.05) is 6.92 Å². The van der Waals surface area contributed by atoms with E-state index in [0.717, 1.165) is 19.5 Å². The van der Waals surface area contributed by atoms with Crippen molar-refractivity contribution in [2.75, 3.05) is 19.6 Å². The Morgan fingerprint density at radius 3 is 2.56 bits per heavy atom. The lowest BCUT2D eigenvalue weighted by Crippen LogP contribution is -2.48. The summed E-state index contributed by atoms with van der Waals surface area (Å²) in [6.07, 6.45) is 1.55. The number of carbonyl (C=O) groups excluding carboxylic acids is 1. The van der Waals surface area contributed by atoms with Crippen molar-refractivity contribution in [3.05, 3.63) is 0 Å². The summed E-state index contributed by atoms with van der Waals surface area (Å²) < 4.78 is 0. The Labute approximate surface area is 109 Å². The zero-order valence-corrected chi connectivity index (χ0v) is 11.5. The molecule has 1 fully saturated rings. The molecule has 104 valence electrons.